The largest absolute Gasteiger partial charge is 0.329 e. The summed E-state index contributed by atoms with van der Waals surface area (Å²) in [4.78, 5) is 4.47. The molecule has 5 nitrogen and oxygen atoms in total. The molecule has 0 atom stereocenters. The van der Waals surface area contributed by atoms with Crippen molar-refractivity contribution in [2.75, 3.05) is 6.54 Å². The van der Waals surface area contributed by atoms with Gasteiger partial charge in [-0.2, -0.15) is 4.31 Å². The second-order valence-corrected chi connectivity index (χ2v) is 9.48. The average molecular weight is 358 g/mol. The van der Waals surface area contributed by atoms with Gasteiger partial charge in [-0.3, -0.25) is 0 Å². The van der Waals surface area contributed by atoms with Crippen molar-refractivity contribution in [1.29, 1.82) is 0 Å². The van der Waals surface area contributed by atoms with E-state index in [1.165, 1.54) is 11.3 Å². The number of nitrogens with zero attached hydrogens (tertiary/aromatic N) is 2. The van der Waals surface area contributed by atoms with Crippen molar-refractivity contribution in [3.8, 4) is 0 Å². The number of nitrogens with two attached hydrogens (primary N) is 1. The molecular formula is C14H16ClN3O2S2. The highest BCUT2D eigenvalue weighted by molar-refractivity contribution is 7.89. The van der Waals surface area contributed by atoms with Gasteiger partial charge in [0.05, 0.1) is 15.1 Å². The van der Waals surface area contributed by atoms with Crippen molar-refractivity contribution in [3.05, 3.63) is 22.7 Å². The van der Waals surface area contributed by atoms with Crippen LogP contribution in [0.5, 0.6) is 0 Å². The molecule has 1 aromatic carbocycles. The second kappa shape index (κ2) is 4.88. The number of halogens is 1. The number of benzene rings is 1. The quantitative estimate of drug-likeness (QED) is 0.916. The van der Waals surface area contributed by atoms with Crippen LogP contribution in [0, 0.1) is 0 Å². The van der Waals surface area contributed by atoms with Gasteiger partial charge in [-0.1, -0.05) is 11.6 Å². The summed E-state index contributed by atoms with van der Waals surface area (Å²) in [5, 5.41) is 0. The van der Waals surface area contributed by atoms with Gasteiger partial charge in [-0.05, 0) is 43.9 Å². The first kappa shape index (κ1) is 14.8. The van der Waals surface area contributed by atoms with Gasteiger partial charge in [-0.15, -0.1) is 11.3 Å². The van der Waals surface area contributed by atoms with Crippen LogP contribution in [-0.2, 0) is 10.0 Å². The highest BCUT2D eigenvalue weighted by Gasteiger charge is 2.56. The molecule has 1 aromatic heterocycles. The monoisotopic (exact) mass is 357 g/mol. The van der Waals surface area contributed by atoms with E-state index in [4.69, 9.17) is 17.3 Å². The van der Waals surface area contributed by atoms with E-state index >= 15 is 0 Å². The zero-order valence-corrected chi connectivity index (χ0v) is 14.2. The summed E-state index contributed by atoms with van der Waals surface area (Å²) in [6, 6.07) is 5.13. The first-order valence-electron chi connectivity index (χ1n) is 7.27. The highest BCUT2D eigenvalue weighted by atomic mass is 35.5. The fraction of sp³-hybridized carbons (Fsp3) is 0.500. The molecule has 2 fully saturated rings. The highest BCUT2D eigenvalue weighted by Crippen LogP contribution is 2.49. The molecule has 2 aliphatic heterocycles. The van der Waals surface area contributed by atoms with Crippen LogP contribution in [0.4, 0.5) is 0 Å². The summed E-state index contributed by atoms with van der Waals surface area (Å²) in [6.45, 7) is 0.382. The lowest BCUT2D eigenvalue weighted by atomic mass is 9.88. The van der Waals surface area contributed by atoms with Crippen LogP contribution in [0.2, 0.25) is 4.47 Å². The lowest BCUT2D eigenvalue weighted by Crippen LogP contribution is -2.49. The van der Waals surface area contributed by atoms with E-state index in [0.717, 1.165) is 30.4 Å². The molecule has 2 aliphatic rings. The van der Waals surface area contributed by atoms with Crippen LogP contribution in [0.25, 0.3) is 10.2 Å². The van der Waals surface area contributed by atoms with Gasteiger partial charge in [-0.25, -0.2) is 13.4 Å². The maximum atomic E-state index is 13.1. The van der Waals surface area contributed by atoms with Crippen molar-refractivity contribution in [1.82, 2.24) is 9.29 Å². The first-order chi connectivity index (χ1) is 10.5. The molecule has 0 radical (unpaired) electrons. The molecule has 2 aromatic rings. The molecule has 0 amide bonds. The summed E-state index contributed by atoms with van der Waals surface area (Å²) in [5.74, 6) is 0. The molecule has 2 saturated heterocycles. The number of hydrogen-bond donors (Lipinski definition) is 1. The Morgan fingerprint density at radius 2 is 2.14 bits per heavy atom. The Bertz CT molecular complexity index is 841. The Balaban J connectivity index is 1.82. The van der Waals surface area contributed by atoms with Crippen LogP contribution < -0.4 is 5.73 Å². The molecule has 118 valence electrons. The van der Waals surface area contributed by atoms with E-state index < -0.39 is 15.6 Å². The molecular weight excluding hydrogens is 342 g/mol. The standard InChI is InChI=1S/C14H16ClN3O2S2/c15-13-17-11-7-10(1-2-12(11)21-13)22(19,20)18-9-3-5-14(18,8-16)6-4-9/h1-2,7,9H,3-6,8,16H2. The van der Waals surface area contributed by atoms with Gasteiger partial charge in [0.1, 0.15) is 0 Å². The molecule has 3 heterocycles. The van der Waals surface area contributed by atoms with Crippen LogP contribution in [0.15, 0.2) is 23.1 Å². The summed E-state index contributed by atoms with van der Waals surface area (Å²) in [6.07, 6.45) is 3.53. The predicted octanol–water partition coefficient (Wildman–Crippen LogP) is 2.59. The SMILES string of the molecule is NCC12CCC(CC1)N2S(=O)(=O)c1ccc2sc(Cl)nc2c1. The summed E-state index contributed by atoms with van der Waals surface area (Å²) in [7, 11) is -3.55. The minimum absolute atomic E-state index is 0.0864. The van der Waals surface area contributed by atoms with Gasteiger partial charge in [0.15, 0.2) is 4.47 Å². The molecule has 0 aliphatic carbocycles. The smallest absolute Gasteiger partial charge is 0.243 e. The minimum atomic E-state index is -3.55. The summed E-state index contributed by atoms with van der Waals surface area (Å²) >= 11 is 7.26. The predicted molar refractivity (Wildman–Crippen MR) is 87.7 cm³/mol. The van der Waals surface area contributed by atoms with Crippen molar-refractivity contribution in [2.45, 2.75) is 42.2 Å². The first-order valence-corrected chi connectivity index (χ1v) is 9.90. The normalized spacial score (nSPS) is 28.7. The lowest BCUT2D eigenvalue weighted by Gasteiger charge is -2.32. The Kier molecular flexibility index (Phi) is 3.29. The number of aromatic nitrogens is 1. The molecule has 0 spiro atoms. The fourth-order valence-corrected chi connectivity index (χ4v) is 6.99. The average Bonchev–Trinajstić information content (AvgIpc) is 3.16. The van der Waals surface area contributed by atoms with E-state index in [1.807, 2.05) is 0 Å². The third kappa shape index (κ3) is 1.96. The van der Waals surface area contributed by atoms with E-state index in [9.17, 15) is 8.42 Å². The Morgan fingerprint density at radius 3 is 2.82 bits per heavy atom. The Morgan fingerprint density at radius 1 is 1.41 bits per heavy atom. The summed E-state index contributed by atoms with van der Waals surface area (Å²) < 4.78 is 29.2. The third-order valence-corrected chi connectivity index (χ3v) is 8.15. The molecule has 2 N–H and O–H groups in total. The zero-order chi connectivity index (χ0) is 15.5. The van der Waals surface area contributed by atoms with Gasteiger partial charge >= 0.3 is 0 Å². The Hall–Kier alpha value is -0.730. The van der Waals surface area contributed by atoms with Gasteiger partial charge in [0.2, 0.25) is 10.0 Å². The maximum absolute atomic E-state index is 13.1. The lowest BCUT2D eigenvalue weighted by molar-refractivity contribution is 0.272. The molecule has 0 saturated carbocycles. The van der Waals surface area contributed by atoms with Crippen molar-refractivity contribution < 1.29 is 8.42 Å². The zero-order valence-electron chi connectivity index (χ0n) is 11.8. The topological polar surface area (TPSA) is 76.3 Å². The second-order valence-electron chi connectivity index (χ2n) is 6.06. The third-order valence-electron chi connectivity index (χ3n) is 4.95. The van der Waals surface area contributed by atoms with E-state index in [2.05, 4.69) is 4.98 Å². The van der Waals surface area contributed by atoms with Crippen molar-refractivity contribution in [2.24, 2.45) is 5.73 Å². The van der Waals surface area contributed by atoms with Crippen molar-refractivity contribution >= 4 is 43.2 Å². The van der Waals surface area contributed by atoms with Gasteiger partial charge in [0, 0.05) is 18.1 Å². The summed E-state index contributed by atoms with van der Waals surface area (Å²) in [5.41, 5.74) is 6.17. The van der Waals surface area contributed by atoms with Crippen LogP contribution in [0.1, 0.15) is 25.7 Å². The van der Waals surface area contributed by atoms with E-state index in [1.54, 1.807) is 22.5 Å². The van der Waals surface area contributed by atoms with Crippen LogP contribution in [-0.4, -0.2) is 35.8 Å². The fourth-order valence-electron chi connectivity index (χ4n) is 3.88. The molecule has 22 heavy (non-hydrogen) atoms. The van der Waals surface area contributed by atoms with E-state index in [-0.39, 0.29) is 10.9 Å². The van der Waals surface area contributed by atoms with Gasteiger partial charge in [0.25, 0.3) is 0 Å². The van der Waals surface area contributed by atoms with Crippen molar-refractivity contribution in [3.63, 3.8) is 0 Å². The Labute approximate surface area is 138 Å². The molecule has 4 rings (SSSR count). The van der Waals surface area contributed by atoms with Crippen LogP contribution >= 0.6 is 22.9 Å². The minimum Gasteiger partial charge on any atom is -0.329 e. The van der Waals surface area contributed by atoms with Gasteiger partial charge < -0.3 is 5.73 Å². The number of hydrogen-bond acceptors (Lipinski definition) is 5. The number of rotatable bonds is 3. The number of fused-ring (bicyclic) bond motifs is 3. The van der Waals surface area contributed by atoms with E-state index in [0.29, 0.717) is 16.5 Å². The number of sulfonamides is 1. The molecule has 0 unspecified atom stereocenters. The number of thiazole rings is 1. The maximum Gasteiger partial charge on any atom is 0.243 e. The molecule has 8 heteroatoms. The van der Waals surface area contributed by atoms with Crippen LogP contribution in [0.3, 0.4) is 0 Å². The molecule has 2 bridgehead atoms.